The van der Waals surface area contributed by atoms with E-state index in [1.807, 2.05) is 18.2 Å². The van der Waals surface area contributed by atoms with Crippen molar-refractivity contribution in [2.24, 2.45) is 4.99 Å². The largest absolute Gasteiger partial charge is 0.497 e. The highest BCUT2D eigenvalue weighted by atomic mass is 16.5. The van der Waals surface area contributed by atoms with Crippen LogP contribution in [-0.2, 0) is 6.54 Å². The van der Waals surface area contributed by atoms with Gasteiger partial charge >= 0.3 is 0 Å². The van der Waals surface area contributed by atoms with Gasteiger partial charge in [0.15, 0.2) is 0 Å². The molecule has 0 amide bonds. The van der Waals surface area contributed by atoms with Gasteiger partial charge in [-0.2, -0.15) is 0 Å². The molecule has 1 heterocycles. The average molecular weight is 323 g/mol. The summed E-state index contributed by atoms with van der Waals surface area (Å²) in [4.78, 5) is 4.94. The van der Waals surface area contributed by atoms with E-state index in [0.717, 1.165) is 23.8 Å². The van der Waals surface area contributed by atoms with E-state index in [1.165, 1.54) is 11.1 Å². The third-order valence-electron chi connectivity index (χ3n) is 3.96. The lowest BCUT2D eigenvalue weighted by Gasteiger charge is -2.23. The molecule has 24 heavy (non-hydrogen) atoms. The molecule has 1 unspecified atom stereocenters. The molecule has 0 saturated heterocycles. The first-order valence-corrected chi connectivity index (χ1v) is 8.28. The Hall–Kier alpha value is -2.33. The van der Waals surface area contributed by atoms with Crippen molar-refractivity contribution in [3.63, 3.8) is 0 Å². The van der Waals surface area contributed by atoms with E-state index in [-0.39, 0.29) is 11.6 Å². The van der Waals surface area contributed by atoms with Crippen molar-refractivity contribution in [3.05, 3.63) is 59.7 Å². The number of hydrogen-bond donors (Lipinski definition) is 2. The van der Waals surface area contributed by atoms with E-state index >= 15 is 0 Å². The summed E-state index contributed by atoms with van der Waals surface area (Å²) in [6.07, 6.45) is 0. The minimum absolute atomic E-state index is 0.0162. The first-order chi connectivity index (χ1) is 11.5. The van der Waals surface area contributed by atoms with Crippen molar-refractivity contribution in [2.75, 3.05) is 12.4 Å². The van der Waals surface area contributed by atoms with Gasteiger partial charge in [-0.3, -0.25) is 10.3 Å². The summed E-state index contributed by atoms with van der Waals surface area (Å²) < 4.78 is 5.27. The fourth-order valence-corrected chi connectivity index (χ4v) is 2.84. The zero-order chi connectivity index (χ0) is 17.2. The second-order valence-corrected chi connectivity index (χ2v) is 7.04. The quantitative estimate of drug-likeness (QED) is 0.873. The molecule has 0 fully saturated rings. The smallest absolute Gasteiger partial charge is 0.123 e. The zero-order valence-electron chi connectivity index (χ0n) is 14.8. The van der Waals surface area contributed by atoms with E-state index < -0.39 is 0 Å². The third kappa shape index (κ3) is 3.77. The number of ether oxygens (including phenoxy) is 1. The van der Waals surface area contributed by atoms with Gasteiger partial charge in [0.25, 0.3) is 0 Å². The minimum atomic E-state index is -0.159. The number of aliphatic imine (C=N–C) groups is 1. The van der Waals surface area contributed by atoms with Crippen LogP contribution in [0, 0.1) is 0 Å². The molecule has 0 saturated carbocycles. The molecule has 126 valence electrons. The molecule has 0 radical (unpaired) electrons. The van der Waals surface area contributed by atoms with Crippen LogP contribution in [-0.4, -0.2) is 18.5 Å². The van der Waals surface area contributed by atoms with Crippen molar-refractivity contribution >= 4 is 11.5 Å². The third-order valence-corrected chi connectivity index (χ3v) is 3.96. The molecule has 3 rings (SSSR count). The van der Waals surface area contributed by atoms with Gasteiger partial charge in [-0.25, -0.2) is 0 Å². The highest BCUT2D eigenvalue weighted by Gasteiger charge is 2.24. The molecular formula is C20H25N3O. The van der Waals surface area contributed by atoms with Crippen molar-refractivity contribution < 1.29 is 4.74 Å². The lowest BCUT2D eigenvalue weighted by molar-refractivity contribution is 0.414. The lowest BCUT2D eigenvalue weighted by atomic mass is 10.0. The monoisotopic (exact) mass is 323 g/mol. The SMILES string of the molecule is COc1ccc(C2NCc3ccccc3NC2=NC(C)(C)C)cc1. The first kappa shape index (κ1) is 16.5. The number of benzene rings is 2. The maximum Gasteiger partial charge on any atom is 0.123 e. The Kier molecular flexibility index (Phi) is 4.58. The van der Waals surface area contributed by atoms with Crippen LogP contribution in [0.5, 0.6) is 5.75 Å². The summed E-state index contributed by atoms with van der Waals surface area (Å²) in [6, 6.07) is 16.5. The van der Waals surface area contributed by atoms with E-state index in [1.54, 1.807) is 7.11 Å². The molecule has 0 spiro atoms. The van der Waals surface area contributed by atoms with Gasteiger partial charge in [-0.15, -0.1) is 0 Å². The lowest BCUT2D eigenvalue weighted by Crippen LogP contribution is -2.32. The summed E-state index contributed by atoms with van der Waals surface area (Å²) in [5, 5.41) is 7.18. The summed E-state index contributed by atoms with van der Waals surface area (Å²) in [5.74, 6) is 1.80. The van der Waals surface area contributed by atoms with Gasteiger partial charge in [-0.1, -0.05) is 30.3 Å². The predicted octanol–water partition coefficient (Wildman–Crippen LogP) is 4.15. The molecule has 0 aromatic heterocycles. The van der Waals surface area contributed by atoms with Crippen LogP contribution in [0.3, 0.4) is 0 Å². The van der Waals surface area contributed by atoms with Crippen LogP contribution in [0.1, 0.15) is 37.9 Å². The molecular weight excluding hydrogens is 298 g/mol. The maximum absolute atomic E-state index is 5.27. The van der Waals surface area contributed by atoms with Crippen LogP contribution in [0.25, 0.3) is 0 Å². The van der Waals surface area contributed by atoms with E-state index in [2.05, 4.69) is 61.7 Å². The second-order valence-electron chi connectivity index (χ2n) is 7.04. The van der Waals surface area contributed by atoms with Gasteiger partial charge in [-0.05, 0) is 50.1 Å². The summed E-state index contributed by atoms with van der Waals surface area (Å²) >= 11 is 0. The zero-order valence-corrected chi connectivity index (χ0v) is 14.8. The van der Waals surface area contributed by atoms with Crippen molar-refractivity contribution in [1.29, 1.82) is 0 Å². The van der Waals surface area contributed by atoms with Gasteiger partial charge < -0.3 is 10.1 Å². The number of nitrogens with zero attached hydrogens (tertiary/aromatic N) is 1. The Morgan fingerprint density at radius 2 is 1.75 bits per heavy atom. The molecule has 2 N–H and O–H groups in total. The number of fused-ring (bicyclic) bond motifs is 1. The first-order valence-electron chi connectivity index (χ1n) is 8.28. The molecule has 1 aliphatic heterocycles. The molecule has 2 aromatic carbocycles. The summed E-state index contributed by atoms with van der Waals surface area (Å²) in [7, 11) is 1.68. The summed E-state index contributed by atoms with van der Waals surface area (Å²) in [6.45, 7) is 7.14. The molecule has 1 aliphatic rings. The number of hydrogen-bond acceptors (Lipinski definition) is 3. The molecule has 0 bridgehead atoms. The number of amidine groups is 1. The summed E-state index contributed by atoms with van der Waals surface area (Å²) in [5.41, 5.74) is 3.37. The number of para-hydroxylation sites is 1. The number of rotatable bonds is 2. The number of nitrogens with one attached hydrogen (secondary N) is 2. The Morgan fingerprint density at radius 3 is 2.42 bits per heavy atom. The normalized spacial score (nSPS) is 19.3. The molecule has 1 atom stereocenters. The second kappa shape index (κ2) is 6.65. The van der Waals surface area contributed by atoms with Crippen molar-refractivity contribution in [3.8, 4) is 5.75 Å². The Balaban J connectivity index is 2.01. The van der Waals surface area contributed by atoms with Crippen LogP contribution in [0.4, 0.5) is 5.69 Å². The number of anilines is 1. The average Bonchev–Trinajstić information content (AvgIpc) is 2.72. The van der Waals surface area contributed by atoms with Crippen LogP contribution < -0.4 is 15.4 Å². The predicted molar refractivity (Wildman–Crippen MR) is 99.8 cm³/mol. The van der Waals surface area contributed by atoms with Gasteiger partial charge in [0, 0.05) is 12.2 Å². The van der Waals surface area contributed by atoms with E-state index in [0.29, 0.717) is 0 Å². The van der Waals surface area contributed by atoms with Gasteiger partial charge in [0.05, 0.1) is 18.7 Å². The fraction of sp³-hybridized carbons (Fsp3) is 0.350. The van der Waals surface area contributed by atoms with Crippen LogP contribution in [0.15, 0.2) is 53.5 Å². The molecule has 0 aliphatic carbocycles. The Bertz CT molecular complexity index is 729. The van der Waals surface area contributed by atoms with Crippen molar-refractivity contribution in [1.82, 2.24) is 5.32 Å². The topological polar surface area (TPSA) is 45.6 Å². The highest BCUT2D eigenvalue weighted by Crippen LogP contribution is 2.27. The van der Waals surface area contributed by atoms with E-state index in [9.17, 15) is 0 Å². The van der Waals surface area contributed by atoms with Crippen LogP contribution >= 0.6 is 0 Å². The highest BCUT2D eigenvalue weighted by molar-refractivity contribution is 6.01. The van der Waals surface area contributed by atoms with Gasteiger partial charge in [0.2, 0.25) is 0 Å². The fourth-order valence-electron chi connectivity index (χ4n) is 2.84. The Morgan fingerprint density at radius 1 is 1.04 bits per heavy atom. The molecule has 4 nitrogen and oxygen atoms in total. The number of methoxy groups -OCH3 is 1. The van der Waals surface area contributed by atoms with Gasteiger partial charge in [0.1, 0.15) is 11.6 Å². The molecule has 4 heteroatoms. The minimum Gasteiger partial charge on any atom is -0.497 e. The van der Waals surface area contributed by atoms with Crippen molar-refractivity contribution in [2.45, 2.75) is 38.9 Å². The Labute approximate surface area is 144 Å². The molecule has 2 aromatic rings. The van der Waals surface area contributed by atoms with E-state index in [4.69, 9.17) is 9.73 Å². The van der Waals surface area contributed by atoms with Crippen LogP contribution in [0.2, 0.25) is 0 Å². The standard InChI is InChI=1S/C20H25N3O/c1-20(2,3)23-19-18(14-9-11-16(24-4)12-10-14)21-13-15-7-5-6-8-17(15)22-19/h5-12,18,21H,13H2,1-4H3,(H,22,23). The maximum atomic E-state index is 5.27.